The van der Waals surface area contributed by atoms with E-state index in [2.05, 4.69) is 20.1 Å². The number of tetrazole rings is 1. The molecule has 0 fully saturated rings. The molecule has 0 aliphatic rings. The topological polar surface area (TPSA) is 144 Å². The number of rotatable bonds is 11. The minimum atomic E-state index is -4.12. The fourth-order valence-electron chi connectivity index (χ4n) is 2.89. The normalized spacial score (nSPS) is 12.6. The van der Waals surface area contributed by atoms with E-state index in [0.717, 1.165) is 10.2 Å². The van der Waals surface area contributed by atoms with E-state index in [-0.39, 0.29) is 12.2 Å². The SMILES string of the molecule is O=C(O)CC(NS(=O)(=O)/C=C/c1ccccc1)C(=O)Cn1nnc(Cc2c(Cl)cccc2Cl)n1. The van der Waals surface area contributed by atoms with Crippen molar-refractivity contribution in [2.45, 2.75) is 25.4 Å². The Morgan fingerprint density at radius 2 is 1.76 bits per heavy atom. The number of aliphatic carboxylic acids is 1. The molecule has 0 amide bonds. The quantitative estimate of drug-likeness (QED) is 0.390. The third-order valence-electron chi connectivity index (χ3n) is 4.50. The predicted octanol–water partition coefficient (Wildman–Crippen LogP) is 2.57. The van der Waals surface area contributed by atoms with E-state index in [1.54, 1.807) is 48.5 Å². The average Bonchev–Trinajstić information content (AvgIpc) is 3.22. The van der Waals surface area contributed by atoms with Crippen LogP contribution in [-0.4, -0.2) is 51.5 Å². The third kappa shape index (κ3) is 7.45. The number of aromatic nitrogens is 4. The van der Waals surface area contributed by atoms with Crippen LogP contribution in [0.1, 0.15) is 23.4 Å². The van der Waals surface area contributed by atoms with Gasteiger partial charge in [-0.3, -0.25) is 9.59 Å². The van der Waals surface area contributed by atoms with Crippen LogP contribution >= 0.6 is 23.2 Å². The molecule has 10 nitrogen and oxygen atoms in total. The molecule has 34 heavy (non-hydrogen) atoms. The summed E-state index contributed by atoms with van der Waals surface area (Å²) in [5.74, 6) is -1.88. The molecule has 0 aliphatic heterocycles. The van der Waals surface area contributed by atoms with Gasteiger partial charge in [0.15, 0.2) is 11.6 Å². The standard InChI is InChI=1S/C21H19Cl2N5O5S/c22-16-7-4-8-17(23)15(16)11-20-24-27-28(25-20)13-19(29)18(12-21(30)31)26-34(32,33)10-9-14-5-2-1-3-6-14/h1-10,18,26H,11-13H2,(H,30,31)/b10-9+. The zero-order valence-corrected chi connectivity index (χ0v) is 19.8. The molecule has 1 aromatic heterocycles. The number of ketones is 1. The minimum Gasteiger partial charge on any atom is -0.481 e. The molecule has 2 aromatic carbocycles. The summed E-state index contributed by atoms with van der Waals surface area (Å²) < 4.78 is 26.9. The Kier molecular flexibility index (Phi) is 8.51. The predicted molar refractivity (Wildman–Crippen MR) is 126 cm³/mol. The number of benzene rings is 2. The van der Waals surface area contributed by atoms with Gasteiger partial charge in [0.2, 0.25) is 10.0 Å². The molecule has 13 heteroatoms. The van der Waals surface area contributed by atoms with Gasteiger partial charge in [-0.1, -0.05) is 59.6 Å². The lowest BCUT2D eigenvalue weighted by Crippen LogP contribution is -2.43. The second kappa shape index (κ2) is 11.3. The molecule has 0 saturated carbocycles. The lowest BCUT2D eigenvalue weighted by atomic mass is 10.1. The van der Waals surface area contributed by atoms with Gasteiger partial charge >= 0.3 is 5.97 Å². The van der Waals surface area contributed by atoms with Gasteiger partial charge in [0.1, 0.15) is 6.54 Å². The molecular formula is C21H19Cl2N5O5S. The fraction of sp³-hybridized carbons (Fsp3) is 0.190. The summed E-state index contributed by atoms with van der Waals surface area (Å²) in [6.07, 6.45) is 0.728. The minimum absolute atomic E-state index is 0.155. The monoisotopic (exact) mass is 523 g/mol. The summed E-state index contributed by atoms with van der Waals surface area (Å²) in [4.78, 5) is 24.9. The largest absolute Gasteiger partial charge is 0.481 e. The highest BCUT2D eigenvalue weighted by Gasteiger charge is 2.26. The number of sulfonamides is 1. The van der Waals surface area contributed by atoms with Crippen LogP contribution in [0.4, 0.5) is 0 Å². The number of hydrogen-bond donors (Lipinski definition) is 2. The zero-order valence-electron chi connectivity index (χ0n) is 17.5. The molecule has 0 bridgehead atoms. The number of nitrogens with one attached hydrogen (secondary N) is 1. The summed E-state index contributed by atoms with van der Waals surface area (Å²) in [7, 11) is -4.12. The van der Waals surface area contributed by atoms with Crippen molar-refractivity contribution in [3.8, 4) is 0 Å². The van der Waals surface area contributed by atoms with Crippen molar-refractivity contribution in [1.29, 1.82) is 0 Å². The van der Waals surface area contributed by atoms with E-state index in [9.17, 15) is 18.0 Å². The number of carboxylic acids is 1. The molecule has 1 heterocycles. The van der Waals surface area contributed by atoms with E-state index in [1.165, 1.54) is 6.08 Å². The van der Waals surface area contributed by atoms with Gasteiger partial charge in [-0.25, -0.2) is 13.1 Å². The van der Waals surface area contributed by atoms with Crippen LogP contribution in [0.2, 0.25) is 10.0 Å². The molecular weight excluding hydrogens is 505 g/mol. The molecule has 178 valence electrons. The van der Waals surface area contributed by atoms with E-state index >= 15 is 0 Å². The first-order valence-electron chi connectivity index (χ1n) is 9.82. The maximum Gasteiger partial charge on any atom is 0.305 e. The molecule has 3 rings (SSSR count). The Balaban J connectivity index is 1.70. The second-order valence-electron chi connectivity index (χ2n) is 7.11. The Hall–Kier alpha value is -3.12. The van der Waals surface area contributed by atoms with Gasteiger partial charge in [-0.15, -0.1) is 10.2 Å². The van der Waals surface area contributed by atoms with Gasteiger partial charge in [-0.05, 0) is 34.5 Å². The number of carbonyl (C=O) groups is 2. The first-order valence-corrected chi connectivity index (χ1v) is 12.1. The number of halogens is 2. The summed E-state index contributed by atoms with van der Waals surface area (Å²) in [6.45, 7) is -0.494. The smallest absolute Gasteiger partial charge is 0.305 e. The maximum atomic E-state index is 12.7. The molecule has 2 N–H and O–H groups in total. The van der Waals surface area contributed by atoms with Gasteiger partial charge in [-0.2, -0.15) is 4.80 Å². The van der Waals surface area contributed by atoms with Crippen molar-refractivity contribution in [3.05, 3.63) is 80.9 Å². The Labute approximate surface area is 205 Å². The van der Waals surface area contributed by atoms with Crippen molar-refractivity contribution in [2.24, 2.45) is 0 Å². The fourth-order valence-corrected chi connectivity index (χ4v) is 4.45. The Bertz CT molecular complexity index is 1290. The van der Waals surface area contributed by atoms with Crippen LogP contribution in [0, 0.1) is 0 Å². The van der Waals surface area contributed by atoms with Crippen molar-refractivity contribution in [3.63, 3.8) is 0 Å². The van der Waals surface area contributed by atoms with Crippen LogP contribution in [0.3, 0.4) is 0 Å². The Morgan fingerprint density at radius 1 is 1.09 bits per heavy atom. The number of hydrogen-bond acceptors (Lipinski definition) is 7. The summed E-state index contributed by atoms with van der Waals surface area (Å²) in [5.41, 5.74) is 1.20. The second-order valence-corrected chi connectivity index (χ2v) is 9.52. The number of Topliss-reactive ketones (excluding diaryl/α,β-unsaturated/α-hetero) is 1. The van der Waals surface area contributed by atoms with E-state index in [1.807, 2.05) is 0 Å². The van der Waals surface area contributed by atoms with Gasteiger partial charge < -0.3 is 5.11 Å². The zero-order chi connectivity index (χ0) is 24.7. The van der Waals surface area contributed by atoms with Gasteiger partial charge in [0.25, 0.3) is 0 Å². The Morgan fingerprint density at radius 3 is 2.41 bits per heavy atom. The van der Waals surface area contributed by atoms with Crippen LogP contribution in [0.5, 0.6) is 0 Å². The highest BCUT2D eigenvalue weighted by molar-refractivity contribution is 7.92. The van der Waals surface area contributed by atoms with E-state index in [0.29, 0.717) is 21.2 Å². The molecule has 0 radical (unpaired) electrons. The number of carbonyl (C=O) groups excluding carboxylic acids is 1. The molecule has 0 saturated heterocycles. The molecule has 0 spiro atoms. The molecule has 3 aromatic rings. The van der Waals surface area contributed by atoms with Crippen molar-refractivity contribution in [1.82, 2.24) is 24.9 Å². The first kappa shape index (κ1) is 25.5. The van der Waals surface area contributed by atoms with Crippen LogP contribution < -0.4 is 4.72 Å². The van der Waals surface area contributed by atoms with Crippen LogP contribution in [-0.2, 0) is 32.6 Å². The molecule has 0 aliphatic carbocycles. The van der Waals surface area contributed by atoms with E-state index < -0.39 is 40.8 Å². The van der Waals surface area contributed by atoms with Gasteiger partial charge in [0.05, 0.1) is 12.5 Å². The highest BCUT2D eigenvalue weighted by atomic mass is 35.5. The summed E-state index contributed by atoms with van der Waals surface area (Å²) in [6, 6.07) is 12.1. The van der Waals surface area contributed by atoms with Crippen LogP contribution in [0.25, 0.3) is 6.08 Å². The molecule has 1 atom stereocenters. The van der Waals surface area contributed by atoms with Crippen LogP contribution in [0.15, 0.2) is 53.9 Å². The number of carboxylic acid groups (broad SMARTS) is 1. The average molecular weight is 524 g/mol. The lowest BCUT2D eigenvalue weighted by molar-refractivity contribution is -0.139. The van der Waals surface area contributed by atoms with Crippen molar-refractivity contribution < 1.29 is 23.1 Å². The molecule has 1 unspecified atom stereocenters. The highest BCUT2D eigenvalue weighted by Crippen LogP contribution is 2.25. The first-order chi connectivity index (χ1) is 16.1. The number of nitrogens with zero attached hydrogens (tertiary/aromatic N) is 4. The summed E-state index contributed by atoms with van der Waals surface area (Å²) in [5, 5.41) is 22.5. The van der Waals surface area contributed by atoms with Crippen molar-refractivity contribution in [2.75, 3.05) is 0 Å². The third-order valence-corrected chi connectivity index (χ3v) is 6.32. The lowest BCUT2D eigenvalue weighted by Gasteiger charge is -2.14. The maximum absolute atomic E-state index is 12.7. The van der Waals surface area contributed by atoms with Gasteiger partial charge in [0, 0.05) is 21.9 Å². The van der Waals surface area contributed by atoms with Crippen molar-refractivity contribution >= 4 is 51.1 Å². The summed E-state index contributed by atoms with van der Waals surface area (Å²) >= 11 is 12.3. The van der Waals surface area contributed by atoms with E-state index in [4.69, 9.17) is 28.3 Å².